The molecule has 540 valence electrons. The van der Waals surface area contributed by atoms with Crippen molar-refractivity contribution in [3.63, 3.8) is 0 Å². The lowest BCUT2D eigenvalue weighted by molar-refractivity contribution is -0.138. The Kier molecular flexibility index (Phi) is 35.1. The first-order chi connectivity index (χ1) is 45.0. The van der Waals surface area contributed by atoms with Crippen molar-refractivity contribution < 1.29 is 71.6 Å². The summed E-state index contributed by atoms with van der Waals surface area (Å²) in [5.74, 6) is 5.34. The van der Waals surface area contributed by atoms with Crippen molar-refractivity contribution in [2.75, 3.05) is 28.4 Å². The Labute approximate surface area is 577 Å². The summed E-state index contributed by atoms with van der Waals surface area (Å²) in [7, 11) is 6.78. The highest BCUT2D eigenvalue weighted by Crippen LogP contribution is 2.37. The minimum absolute atomic E-state index is 0.310. The van der Waals surface area contributed by atoms with E-state index in [-0.39, 0.29) is 0 Å². The van der Waals surface area contributed by atoms with Crippen molar-refractivity contribution in [3.8, 4) is 23.0 Å². The van der Waals surface area contributed by atoms with E-state index in [0.29, 0.717) is 67.8 Å². The summed E-state index contributed by atoms with van der Waals surface area (Å²) in [6.45, 7) is 44.6. The van der Waals surface area contributed by atoms with Gasteiger partial charge < -0.3 is 18.9 Å². The maximum Gasteiger partial charge on any atom is 0.416 e. The van der Waals surface area contributed by atoms with E-state index in [0.717, 1.165) is 41.2 Å². The minimum Gasteiger partial charge on any atom is -0.497 e. The van der Waals surface area contributed by atoms with E-state index in [4.69, 9.17) is 18.9 Å². The van der Waals surface area contributed by atoms with Crippen LogP contribution in [0.3, 0.4) is 0 Å². The molecule has 0 aliphatic rings. The normalized spacial score (nSPS) is 11.1. The van der Waals surface area contributed by atoms with Crippen LogP contribution in [0.5, 0.6) is 23.0 Å². The van der Waals surface area contributed by atoms with E-state index in [2.05, 4.69) is 126 Å². The molecule has 4 nitrogen and oxygen atoms in total. The molecule has 0 aliphatic carbocycles. The van der Waals surface area contributed by atoms with Crippen LogP contribution in [0.25, 0.3) is 0 Å². The zero-order valence-corrected chi connectivity index (χ0v) is 62.4. The molecule has 0 amide bonds. The van der Waals surface area contributed by atoms with Gasteiger partial charge in [0.25, 0.3) is 0 Å². The molecular weight excluding hydrogens is 1280 g/mol. The molecule has 0 unspecified atom stereocenters. The first kappa shape index (κ1) is 88.1. The molecule has 0 fully saturated rings. The maximum atomic E-state index is 12.4. The van der Waals surface area contributed by atoms with Crippen LogP contribution >= 0.6 is 0 Å². The Bertz CT molecular complexity index is 3630. The molecule has 0 heterocycles. The molecule has 0 saturated carbocycles. The van der Waals surface area contributed by atoms with Gasteiger partial charge >= 0.3 is 24.7 Å². The van der Waals surface area contributed by atoms with E-state index in [1.54, 1.807) is 87.3 Å². The molecule has 8 aromatic rings. The molecule has 0 atom stereocenters. The summed E-state index contributed by atoms with van der Waals surface area (Å²) in [6.07, 6.45) is -16.9. The lowest BCUT2D eigenvalue weighted by atomic mass is 9.89. The van der Waals surface area contributed by atoms with Gasteiger partial charge in [0, 0.05) is 6.07 Å². The van der Waals surface area contributed by atoms with Crippen molar-refractivity contribution in [1.82, 2.24) is 0 Å². The van der Waals surface area contributed by atoms with Gasteiger partial charge in [-0.3, -0.25) is 0 Å². The zero-order chi connectivity index (χ0) is 75.9. The second-order valence-electron chi connectivity index (χ2n) is 25.4. The fourth-order valence-electron chi connectivity index (χ4n) is 10.1. The number of hydrogen-bond donors (Lipinski definition) is 0. The summed E-state index contributed by atoms with van der Waals surface area (Å²) in [4.78, 5) is 0. The second kappa shape index (κ2) is 39.1. The van der Waals surface area contributed by atoms with Gasteiger partial charge in [-0.05, 0) is 290 Å². The van der Waals surface area contributed by atoms with E-state index in [1.807, 2.05) is 26.0 Å². The molecule has 0 aromatic heterocycles. The smallest absolute Gasteiger partial charge is 0.416 e. The van der Waals surface area contributed by atoms with Gasteiger partial charge in [-0.15, -0.1) is 0 Å². The number of alkyl halides is 12. The van der Waals surface area contributed by atoms with Crippen molar-refractivity contribution in [1.29, 1.82) is 0 Å². The van der Waals surface area contributed by atoms with Crippen LogP contribution in [0, 0.1) is 118 Å². The quantitative estimate of drug-likeness (QED) is 0.149. The van der Waals surface area contributed by atoms with E-state index < -0.39 is 47.0 Å². The molecule has 98 heavy (non-hydrogen) atoms. The Morgan fingerprint density at radius 3 is 0.837 bits per heavy atom. The molecule has 0 radical (unpaired) electrons. The number of benzene rings is 8. The minimum atomic E-state index is -4.24. The van der Waals surface area contributed by atoms with Crippen LogP contribution in [0.1, 0.15) is 193 Å². The van der Waals surface area contributed by atoms with Crippen molar-refractivity contribution in [3.05, 3.63) is 255 Å². The Morgan fingerprint density at radius 1 is 0.245 bits per heavy atom. The first-order valence-electron chi connectivity index (χ1n) is 32.1. The first-order valence-corrected chi connectivity index (χ1v) is 32.1. The number of hydrogen-bond acceptors (Lipinski definition) is 4. The van der Waals surface area contributed by atoms with Crippen LogP contribution in [-0.4, -0.2) is 28.4 Å². The van der Waals surface area contributed by atoms with Gasteiger partial charge in [0.2, 0.25) is 0 Å². The molecule has 0 aliphatic heterocycles. The molecule has 0 bridgehead atoms. The van der Waals surface area contributed by atoms with Gasteiger partial charge in [0.15, 0.2) is 0 Å². The van der Waals surface area contributed by atoms with Crippen molar-refractivity contribution in [2.24, 2.45) is 0 Å². The van der Waals surface area contributed by atoms with Gasteiger partial charge in [0.1, 0.15) is 23.0 Å². The van der Waals surface area contributed by atoms with Gasteiger partial charge in [0.05, 0.1) is 50.7 Å². The molecule has 8 rings (SSSR count). The number of methoxy groups -OCH3 is 4. The number of ether oxygens (including phenoxy) is 4. The predicted octanol–water partition coefficient (Wildman–Crippen LogP) is 26.2. The van der Waals surface area contributed by atoms with Crippen LogP contribution < -0.4 is 18.9 Å². The number of halogens is 12. The Hall–Kier alpha value is -7.88. The van der Waals surface area contributed by atoms with Crippen LogP contribution in [-0.2, 0) is 24.7 Å². The second-order valence-corrected chi connectivity index (χ2v) is 25.4. The zero-order valence-electron chi connectivity index (χ0n) is 62.4. The standard InChI is InChI=1S/C14H22O.C12H18O.C10H11F3.C10H14O2.3C9H9F3.C9H12/c1-9(2)13-7-12(15-6)8-14(10(3)4)11(13)5;1-8(2)12-7-11(13-5)6-9(3)10(12)4;1-6-4-7(2)8(3)9(5-6)10(11,12)13;1-7-5-9(11-3)6-10(12-4)8(7)2;3*1-6-4-3-5-8(7(6)2)9(10,11)12;1-7-4-5-8(2)9(3)6-7/h7-10H,1-6H3;6-8H,1-5H3;4-5H,1-3H3;5-6H,1-4H3;3*3-5H,1-2H3;4-6H,1-3H3. The van der Waals surface area contributed by atoms with Gasteiger partial charge in [-0.2, -0.15) is 52.7 Å². The highest BCUT2D eigenvalue weighted by Gasteiger charge is 2.35. The molecular formula is C82H104F12O4. The third-order valence-corrected chi connectivity index (χ3v) is 17.0. The molecule has 0 spiro atoms. The highest BCUT2D eigenvalue weighted by atomic mass is 19.4. The summed E-state index contributed by atoms with van der Waals surface area (Å²) in [6, 6.07) is 34.4. The SMILES string of the molecule is COc1cc(C(C)C)c(C)c(C(C)C)c1.COc1cc(C)c(C)c(C(C)C)c1.COc1cc(C)c(C)c(OC)c1.Cc1cc(C)c(C)c(C(F)(F)F)c1.Cc1ccc(C)c(C)c1.Cc1cccc(C(F)(F)F)c1C.Cc1cccc(C(F)(F)F)c1C.Cc1cccc(C(F)(F)F)c1C. The Balaban J connectivity index is 0.000000561. The molecule has 0 N–H and O–H groups in total. The van der Waals surface area contributed by atoms with Crippen molar-refractivity contribution >= 4 is 0 Å². The summed E-state index contributed by atoms with van der Waals surface area (Å²) in [5, 5.41) is 0. The highest BCUT2D eigenvalue weighted by molar-refractivity contribution is 5.47. The fraction of sp³-hybridized carbons (Fsp3) is 0.415. The van der Waals surface area contributed by atoms with E-state index >= 15 is 0 Å². The lowest BCUT2D eigenvalue weighted by Gasteiger charge is -2.18. The predicted molar refractivity (Wildman–Crippen MR) is 381 cm³/mol. The van der Waals surface area contributed by atoms with Crippen LogP contribution in [0.15, 0.2) is 121 Å². The molecule has 0 saturated heterocycles. The number of aryl methyl sites for hydroxylation is 10. The Morgan fingerprint density at radius 2 is 0.541 bits per heavy atom. The van der Waals surface area contributed by atoms with Crippen LogP contribution in [0.4, 0.5) is 52.7 Å². The molecule has 16 heteroatoms. The average molecular weight is 1380 g/mol. The van der Waals surface area contributed by atoms with E-state index in [1.165, 1.54) is 113 Å². The number of rotatable bonds is 7. The summed E-state index contributed by atoms with van der Waals surface area (Å²) >= 11 is 0. The van der Waals surface area contributed by atoms with Gasteiger partial charge in [-0.1, -0.05) is 113 Å². The van der Waals surface area contributed by atoms with Crippen LogP contribution in [0.2, 0.25) is 0 Å². The largest absolute Gasteiger partial charge is 0.497 e. The van der Waals surface area contributed by atoms with E-state index in [9.17, 15) is 52.7 Å². The third kappa shape index (κ3) is 27.8. The molecule has 8 aromatic carbocycles. The topological polar surface area (TPSA) is 36.9 Å². The maximum absolute atomic E-state index is 12.4. The van der Waals surface area contributed by atoms with Gasteiger partial charge in [-0.25, -0.2) is 0 Å². The lowest BCUT2D eigenvalue weighted by Crippen LogP contribution is -2.08. The monoisotopic (exact) mass is 1380 g/mol. The summed E-state index contributed by atoms with van der Waals surface area (Å²) in [5.41, 5.74) is 17.2. The third-order valence-electron chi connectivity index (χ3n) is 17.0. The average Bonchev–Trinajstić information content (AvgIpc) is 0.851. The fourth-order valence-corrected chi connectivity index (χ4v) is 10.1. The summed E-state index contributed by atoms with van der Waals surface area (Å²) < 4.78 is 168. The van der Waals surface area contributed by atoms with Crippen molar-refractivity contribution in [2.45, 2.75) is 202 Å².